The van der Waals surface area contributed by atoms with Crippen LogP contribution in [0.5, 0.6) is 0 Å². The Hall–Kier alpha value is -0.677. The van der Waals surface area contributed by atoms with Gasteiger partial charge in [-0.05, 0) is 0 Å². The van der Waals surface area contributed by atoms with Gasteiger partial charge in [0, 0.05) is 0 Å². The average molecular weight is 447 g/mol. The number of rotatable bonds is 2. The molecule has 2 radical (unpaired) electrons. The third-order valence-electron chi connectivity index (χ3n) is 3.49. The summed E-state index contributed by atoms with van der Waals surface area (Å²) in [5, 5.41) is 0. The Kier molecular flexibility index (Phi) is 4.46. The monoisotopic (exact) mass is 447 g/mol. The van der Waals surface area contributed by atoms with E-state index in [0.717, 1.165) is 0 Å². The van der Waals surface area contributed by atoms with Crippen LogP contribution in [0.25, 0.3) is 0 Å². The van der Waals surface area contributed by atoms with Crippen molar-refractivity contribution in [3.05, 3.63) is 57.6 Å². The zero-order valence-corrected chi connectivity index (χ0v) is 16.2. The first kappa shape index (κ1) is 14.7. The molecule has 2 rings (SSSR count). The minimum absolute atomic E-state index is 0.812. The van der Waals surface area contributed by atoms with Gasteiger partial charge in [0.05, 0.1) is 0 Å². The topological polar surface area (TPSA) is 0 Å². The van der Waals surface area contributed by atoms with Gasteiger partial charge in [-0.2, -0.15) is 0 Å². The van der Waals surface area contributed by atoms with E-state index in [1.807, 2.05) is 0 Å². The second kappa shape index (κ2) is 5.75. The molecule has 0 heterocycles. The van der Waals surface area contributed by atoms with Crippen LogP contribution in [-0.4, -0.2) is 23.2 Å². The molecule has 0 amide bonds. The van der Waals surface area contributed by atoms with Crippen molar-refractivity contribution < 1.29 is 0 Å². The van der Waals surface area contributed by atoms with E-state index < -0.39 is 23.2 Å². The quantitative estimate of drug-likeness (QED) is 0.621. The van der Waals surface area contributed by atoms with Gasteiger partial charge < -0.3 is 0 Å². The van der Waals surface area contributed by atoms with E-state index in [1.54, 1.807) is 6.54 Å². The molecule has 0 atom stereocenters. The Morgan fingerprint density at radius 1 is 0.526 bits per heavy atom. The number of hydrogen-bond donors (Lipinski definition) is 0. The number of benzene rings is 2. The second-order valence-electron chi connectivity index (χ2n) is 5.61. The van der Waals surface area contributed by atoms with Crippen molar-refractivity contribution in [1.29, 1.82) is 0 Å². The van der Waals surface area contributed by atoms with Crippen LogP contribution in [0.3, 0.4) is 0 Å². The Morgan fingerprint density at radius 2 is 0.789 bits per heavy atom. The second-order valence-corrected chi connectivity index (χ2v) is 9.95. The van der Waals surface area contributed by atoms with Gasteiger partial charge in [-0.3, -0.25) is 0 Å². The van der Waals surface area contributed by atoms with Crippen molar-refractivity contribution in [3.63, 3.8) is 0 Å². The summed E-state index contributed by atoms with van der Waals surface area (Å²) in [5.41, 5.74) is 8.75. The van der Waals surface area contributed by atoms with E-state index in [1.165, 1.54) is 33.4 Å². The maximum atomic E-state index is 2.34. The standard InChI is InChI=1S/2C9H11.Bi/c2*1-7-4-8(2)6-9(3)5-7;/h2*4-5H,1-3H3;/q;;+1. The molecule has 1 heteroatoms. The van der Waals surface area contributed by atoms with Crippen LogP contribution in [0.2, 0.25) is 0 Å². The minimum atomic E-state index is -0.812. The molecule has 2 aromatic rings. The molecule has 0 aliphatic rings. The fraction of sp³-hybridized carbons (Fsp3) is 0.333. The maximum absolute atomic E-state index is 2.34. The predicted molar refractivity (Wildman–Crippen MR) is 86.3 cm³/mol. The van der Waals surface area contributed by atoms with Gasteiger partial charge in [0.2, 0.25) is 0 Å². The fourth-order valence-electron chi connectivity index (χ4n) is 2.81. The fourth-order valence-corrected chi connectivity index (χ4v) is 7.42. The summed E-state index contributed by atoms with van der Waals surface area (Å²) in [6.45, 7) is 13.5. The van der Waals surface area contributed by atoms with Crippen LogP contribution in [0.1, 0.15) is 33.4 Å². The summed E-state index contributed by atoms with van der Waals surface area (Å²) >= 11 is -0.812. The molecule has 0 spiro atoms. The molecule has 0 aliphatic heterocycles. The van der Waals surface area contributed by atoms with Gasteiger partial charge in [-0.25, -0.2) is 0 Å². The van der Waals surface area contributed by atoms with Gasteiger partial charge >= 0.3 is 129 Å². The summed E-state index contributed by atoms with van der Waals surface area (Å²) < 4.78 is 3.33. The molecular weight excluding hydrogens is 425 g/mol. The molecule has 0 fully saturated rings. The Morgan fingerprint density at radius 3 is 1.05 bits per heavy atom. The first-order valence-electron chi connectivity index (χ1n) is 6.76. The summed E-state index contributed by atoms with van der Waals surface area (Å²) in [6.07, 6.45) is 0. The van der Waals surface area contributed by atoms with Crippen LogP contribution in [0.4, 0.5) is 0 Å². The number of hydrogen-bond acceptors (Lipinski definition) is 0. The zero-order valence-electron chi connectivity index (χ0n) is 12.8. The molecule has 0 aromatic heterocycles. The van der Waals surface area contributed by atoms with Crippen LogP contribution < -0.4 is 6.54 Å². The Bertz CT molecular complexity index is 522. The molecule has 0 aliphatic carbocycles. The van der Waals surface area contributed by atoms with Crippen molar-refractivity contribution in [1.82, 2.24) is 0 Å². The van der Waals surface area contributed by atoms with Gasteiger partial charge in [-0.1, -0.05) is 0 Å². The molecule has 0 saturated heterocycles. The van der Waals surface area contributed by atoms with E-state index in [0.29, 0.717) is 0 Å². The third kappa shape index (κ3) is 3.26. The molecule has 0 saturated carbocycles. The summed E-state index contributed by atoms with van der Waals surface area (Å²) in [4.78, 5) is 0. The molecule has 2 aromatic carbocycles. The van der Waals surface area contributed by atoms with Crippen molar-refractivity contribution in [2.45, 2.75) is 41.5 Å². The predicted octanol–water partition coefficient (Wildman–Crippen LogP) is 3.19. The van der Waals surface area contributed by atoms with Gasteiger partial charge in [0.25, 0.3) is 0 Å². The van der Waals surface area contributed by atoms with E-state index in [9.17, 15) is 0 Å². The van der Waals surface area contributed by atoms with Crippen LogP contribution in [0, 0.1) is 41.5 Å². The van der Waals surface area contributed by atoms with Crippen LogP contribution >= 0.6 is 0 Å². The Balaban J connectivity index is 2.48. The first-order chi connectivity index (χ1) is 8.88. The van der Waals surface area contributed by atoms with Crippen molar-refractivity contribution >= 4 is 29.8 Å². The van der Waals surface area contributed by atoms with Crippen molar-refractivity contribution in [2.24, 2.45) is 0 Å². The molecule has 0 unspecified atom stereocenters. The third-order valence-corrected chi connectivity index (χ3v) is 10.7. The summed E-state index contributed by atoms with van der Waals surface area (Å²) in [7, 11) is 0. The van der Waals surface area contributed by atoms with Crippen molar-refractivity contribution in [2.75, 3.05) is 0 Å². The zero-order chi connectivity index (χ0) is 14.2. The first-order valence-corrected chi connectivity index (χ1v) is 10.2. The molecule has 19 heavy (non-hydrogen) atoms. The van der Waals surface area contributed by atoms with Crippen LogP contribution in [0.15, 0.2) is 24.3 Å². The summed E-state index contributed by atoms with van der Waals surface area (Å²) in [6, 6.07) is 9.35. The van der Waals surface area contributed by atoms with Gasteiger partial charge in [0.15, 0.2) is 0 Å². The normalized spacial score (nSPS) is 10.8. The van der Waals surface area contributed by atoms with Crippen LogP contribution in [-0.2, 0) is 0 Å². The molecule has 98 valence electrons. The average Bonchev–Trinajstić information content (AvgIpc) is 2.25. The SMILES string of the molecule is Cc1cc(C)[c]([Bi+][c]2c(C)cc(C)cc2C)c(C)c1. The summed E-state index contributed by atoms with van der Waals surface area (Å²) in [5.74, 6) is 0. The van der Waals surface area contributed by atoms with E-state index in [2.05, 4.69) is 65.8 Å². The van der Waals surface area contributed by atoms with Gasteiger partial charge in [-0.15, -0.1) is 0 Å². The van der Waals surface area contributed by atoms with Crippen molar-refractivity contribution in [3.8, 4) is 0 Å². The molecular formula is C18H22Bi+. The Labute approximate surface area is 128 Å². The number of aryl methyl sites for hydroxylation is 6. The van der Waals surface area contributed by atoms with Gasteiger partial charge in [0.1, 0.15) is 0 Å². The molecule has 0 nitrogen and oxygen atoms in total. The molecule has 0 N–H and O–H groups in total. The molecule has 0 bridgehead atoms. The van der Waals surface area contributed by atoms with E-state index >= 15 is 0 Å². The van der Waals surface area contributed by atoms with E-state index in [4.69, 9.17) is 0 Å². The van der Waals surface area contributed by atoms with E-state index in [-0.39, 0.29) is 0 Å².